The third kappa shape index (κ3) is 5.36. The Balaban J connectivity index is 1.65. The van der Waals surface area contributed by atoms with Crippen molar-refractivity contribution in [3.63, 3.8) is 0 Å². The van der Waals surface area contributed by atoms with Crippen LogP contribution in [0.25, 0.3) is 5.76 Å². The lowest BCUT2D eigenvalue weighted by molar-refractivity contribution is -0.140. The van der Waals surface area contributed by atoms with Crippen molar-refractivity contribution in [2.24, 2.45) is 0 Å². The summed E-state index contributed by atoms with van der Waals surface area (Å²) in [4.78, 5) is 29.7. The van der Waals surface area contributed by atoms with Gasteiger partial charge in [0.1, 0.15) is 35.7 Å². The van der Waals surface area contributed by atoms with E-state index in [1.807, 2.05) is 56.3 Å². The minimum atomic E-state index is -0.782. The van der Waals surface area contributed by atoms with Gasteiger partial charge in [-0.3, -0.25) is 9.59 Å². The zero-order valence-electron chi connectivity index (χ0n) is 21.2. The number of carbonyl (C=O) groups excluding carboxylic acids is 2. The summed E-state index contributed by atoms with van der Waals surface area (Å²) in [5.41, 5.74) is 2.34. The zero-order valence-corrected chi connectivity index (χ0v) is 21.2. The molecule has 1 fully saturated rings. The van der Waals surface area contributed by atoms with E-state index in [1.165, 1.54) is 4.90 Å². The minimum absolute atomic E-state index is 0.0385. The van der Waals surface area contributed by atoms with E-state index in [0.29, 0.717) is 42.4 Å². The van der Waals surface area contributed by atoms with Gasteiger partial charge >= 0.3 is 0 Å². The van der Waals surface area contributed by atoms with Crippen molar-refractivity contribution >= 4 is 17.4 Å². The van der Waals surface area contributed by atoms with Crippen molar-refractivity contribution in [1.29, 1.82) is 0 Å². The summed E-state index contributed by atoms with van der Waals surface area (Å²) in [6.45, 7) is 5.23. The molecule has 1 unspecified atom stereocenters. The van der Waals surface area contributed by atoms with E-state index in [2.05, 4.69) is 0 Å². The van der Waals surface area contributed by atoms with E-state index >= 15 is 0 Å². The molecule has 7 nitrogen and oxygen atoms in total. The first-order chi connectivity index (χ1) is 17.3. The Kier molecular flexibility index (Phi) is 7.60. The highest BCUT2D eigenvalue weighted by atomic mass is 16.5. The zero-order chi connectivity index (χ0) is 25.8. The normalized spacial score (nSPS) is 17.2. The topological polar surface area (TPSA) is 83.2 Å². The van der Waals surface area contributed by atoms with Crippen molar-refractivity contribution in [2.75, 3.05) is 27.2 Å². The highest BCUT2D eigenvalue weighted by Crippen LogP contribution is 2.40. The molecule has 1 amide bonds. The molecule has 0 aliphatic carbocycles. The molecule has 1 N–H and O–H groups in total. The molecule has 7 heteroatoms. The van der Waals surface area contributed by atoms with Crippen LogP contribution in [0.15, 0.2) is 70.7 Å². The number of aliphatic hydroxyl groups is 1. The fourth-order valence-electron chi connectivity index (χ4n) is 4.41. The minimum Gasteiger partial charge on any atom is -0.507 e. The van der Waals surface area contributed by atoms with Gasteiger partial charge in [-0.05, 0) is 82.4 Å². The number of aliphatic hydroxyl groups excluding tert-OH is 1. The van der Waals surface area contributed by atoms with E-state index in [9.17, 15) is 14.7 Å². The molecule has 2 aromatic carbocycles. The average molecular weight is 489 g/mol. The maximum atomic E-state index is 13.1. The van der Waals surface area contributed by atoms with Crippen LogP contribution in [0, 0.1) is 13.8 Å². The third-order valence-electron chi connectivity index (χ3n) is 6.26. The molecule has 1 aliphatic heterocycles. The number of amides is 1. The number of hydrogen-bond acceptors (Lipinski definition) is 6. The summed E-state index contributed by atoms with van der Waals surface area (Å²) < 4.78 is 11.8. The second-order valence-corrected chi connectivity index (χ2v) is 9.35. The molecule has 188 valence electrons. The van der Waals surface area contributed by atoms with Crippen LogP contribution in [-0.4, -0.2) is 53.8 Å². The Morgan fingerprint density at radius 3 is 2.44 bits per heavy atom. The molecular formula is C29H32N2O5. The SMILES string of the molecule is Cc1ccc(C2/C(=C(/O)c3ccc(OCc4ccccc4)c(C)c3)C(=O)C(=O)N2CCCN(C)C)o1. The van der Waals surface area contributed by atoms with Crippen LogP contribution in [0.4, 0.5) is 0 Å². The molecule has 1 aliphatic rings. The second-order valence-electron chi connectivity index (χ2n) is 9.35. The fraction of sp³-hybridized carbons (Fsp3) is 0.310. The first-order valence-electron chi connectivity index (χ1n) is 12.0. The smallest absolute Gasteiger partial charge is 0.295 e. The first kappa shape index (κ1) is 25.3. The quantitative estimate of drug-likeness (QED) is 0.263. The van der Waals surface area contributed by atoms with Crippen LogP contribution in [0.3, 0.4) is 0 Å². The molecule has 2 heterocycles. The van der Waals surface area contributed by atoms with Crippen molar-refractivity contribution in [3.05, 3.63) is 94.4 Å². The number of benzene rings is 2. The van der Waals surface area contributed by atoms with Crippen molar-refractivity contribution in [3.8, 4) is 5.75 Å². The highest BCUT2D eigenvalue weighted by molar-refractivity contribution is 6.46. The van der Waals surface area contributed by atoms with Crippen LogP contribution in [0.2, 0.25) is 0 Å². The van der Waals surface area contributed by atoms with Gasteiger partial charge in [-0.1, -0.05) is 30.3 Å². The lowest BCUT2D eigenvalue weighted by atomic mass is 9.98. The first-order valence-corrected chi connectivity index (χ1v) is 12.0. The van der Waals surface area contributed by atoms with Crippen LogP contribution in [0.1, 0.15) is 40.7 Å². The van der Waals surface area contributed by atoms with Gasteiger partial charge < -0.3 is 24.1 Å². The number of ketones is 1. The van der Waals surface area contributed by atoms with Gasteiger partial charge in [-0.15, -0.1) is 0 Å². The molecule has 4 rings (SSSR count). The Labute approximate surface area is 211 Å². The molecule has 0 bridgehead atoms. The van der Waals surface area contributed by atoms with Crippen LogP contribution >= 0.6 is 0 Å². The number of carbonyl (C=O) groups is 2. The Morgan fingerprint density at radius 1 is 1.06 bits per heavy atom. The summed E-state index contributed by atoms with van der Waals surface area (Å²) in [6, 6.07) is 17.8. The van der Waals surface area contributed by atoms with Crippen LogP contribution < -0.4 is 4.74 Å². The number of nitrogens with zero attached hydrogens (tertiary/aromatic N) is 2. The summed E-state index contributed by atoms with van der Waals surface area (Å²) in [5, 5.41) is 11.3. The Hall–Kier alpha value is -3.84. The van der Waals surface area contributed by atoms with E-state index in [0.717, 1.165) is 17.7 Å². The predicted octanol–water partition coefficient (Wildman–Crippen LogP) is 4.85. The molecule has 36 heavy (non-hydrogen) atoms. The van der Waals surface area contributed by atoms with Gasteiger partial charge in [0.15, 0.2) is 0 Å². The number of furan rings is 1. The van der Waals surface area contributed by atoms with Gasteiger partial charge in [0, 0.05) is 12.1 Å². The largest absolute Gasteiger partial charge is 0.507 e. The molecule has 3 aromatic rings. The highest BCUT2D eigenvalue weighted by Gasteiger charge is 2.47. The number of likely N-dealkylation sites (tertiary alicyclic amines) is 1. The van der Waals surface area contributed by atoms with Gasteiger partial charge in [-0.2, -0.15) is 0 Å². The summed E-state index contributed by atoms with van der Waals surface area (Å²) in [5.74, 6) is 0.239. The van der Waals surface area contributed by atoms with Crippen molar-refractivity contribution in [2.45, 2.75) is 32.9 Å². The maximum Gasteiger partial charge on any atom is 0.295 e. The standard InChI is InChI=1S/C29H32N2O5/c1-19-17-22(12-14-23(19)35-18-21-9-6-5-7-10-21)27(32)25-26(24-13-11-20(2)36-24)31(29(34)28(25)33)16-8-15-30(3)4/h5-7,9-14,17,26,32H,8,15-16,18H2,1-4H3/b27-25-. The molecule has 1 atom stereocenters. The van der Waals surface area contributed by atoms with E-state index in [-0.39, 0.29) is 11.3 Å². The lowest BCUT2D eigenvalue weighted by Crippen LogP contribution is -2.32. The molecule has 0 radical (unpaired) electrons. The second kappa shape index (κ2) is 10.8. The third-order valence-corrected chi connectivity index (χ3v) is 6.26. The molecule has 1 saturated heterocycles. The molecule has 0 saturated carbocycles. The molecular weight excluding hydrogens is 456 g/mol. The fourth-order valence-corrected chi connectivity index (χ4v) is 4.41. The van der Waals surface area contributed by atoms with E-state index in [1.54, 1.807) is 37.3 Å². The molecule has 0 spiro atoms. The van der Waals surface area contributed by atoms with Crippen molar-refractivity contribution < 1.29 is 23.8 Å². The Bertz CT molecular complexity index is 1280. The van der Waals surface area contributed by atoms with E-state index in [4.69, 9.17) is 9.15 Å². The van der Waals surface area contributed by atoms with Gasteiger partial charge in [-0.25, -0.2) is 0 Å². The number of Topliss-reactive ketones (excluding diaryl/α,β-unsaturated/α-hetero) is 1. The van der Waals surface area contributed by atoms with Crippen LogP contribution in [-0.2, 0) is 16.2 Å². The summed E-state index contributed by atoms with van der Waals surface area (Å²) in [6.07, 6.45) is 0.683. The predicted molar refractivity (Wildman–Crippen MR) is 138 cm³/mol. The average Bonchev–Trinajstić information content (AvgIpc) is 3.39. The summed E-state index contributed by atoms with van der Waals surface area (Å²) >= 11 is 0. The number of ether oxygens (including phenoxy) is 1. The lowest BCUT2D eigenvalue weighted by Gasteiger charge is -2.24. The molecule has 1 aromatic heterocycles. The van der Waals surface area contributed by atoms with Gasteiger partial charge in [0.05, 0.1) is 5.57 Å². The van der Waals surface area contributed by atoms with Gasteiger partial charge in [0.2, 0.25) is 0 Å². The number of hydrogen-bond donors (Lipinski definition) is 1. The monoisotopic (exact) mass is 488 g/mol. The number of aryl methyl sites for hydroxylation is 2. The maximum absolute atomic E-state index is 13.1. The number of rotatable bonds is 9. The summed E-state index contributed by atoms with van der Waals surface area (Å²) in [7, 11) is 3.91. The van der Waals surface area contributed by atoms with Crippen LogP contribution in [0.5, 0.6) is 5.75 Å². The van der Waals surface area contributed by atoms with Gasteiger partial charge in [0.25, 0.3) is 11.7 Å². The van der Waals surface area contributed by atoms with E-state index < -0.39 is 17.7 Å². The van der Waals surface area contributed by atoms with Crippen molar-refractivity contribution in [1.82, 2.24) is 9.80 Å². The Morgan fingerprint density at radius 2 is 1.81 bits per heavy atom.